The fraction of sp³-hybridized carbons (Fsp3) is 0.600. The van der Waals surface area contributed by atoms with Crippen molar-refractivity contribution in [1.29, 1.82) is 0 Å². The van der Waals surface area contributed by atoms with Crippen molar-refractivity contribution in [1.82, 2.24) is 4.90 Å². The Kier molecular flexibility index (Phi) is 5.66. The van der Waals surface area contributed by atoms with Gasteiger partial charge in [0.15, 0.2) is 0 Å². The molecule has 1 unspecified atom stereocenters. The van der Waals surface area contributed by atoms with E-state index in [0.717, 1.165) is 31.6 Å². The Morgan fingerprint density at radius 1 is 1.45 bits per heavy atom. The van der Waals surface area contributed by atoms with Crippen molar-refractivity contribution in [3.05, 3.63) is 28.8 Å². The molecule has 2 rings (SSSR count). The Hall–Kier alpha value is -0.810. The molecule has 1 aromatic rings. The summed E-state index contributed by atoms with van der Waals surface area (Å²) in [6, 6.07) is 6.57. The topological polar surface area (TPSA) is 47.7 Å². The van der Waals surface area contributed by atoms with Gasteiger partial charge in [0.1, 0.15) is 5.75 Å². The molecule has 0 saturated carbocycles. The summed E-state index contributed by atoms with van der Waals surface area (Å²) in [5.74, 6) is 0.694. The Balaban J connectivity index is 2.16. The first-order valence-corrected chi connectivity index (χ1v) is 7.38. The van der Waals surface area contributed by atoms with Crippen LogP contribution in [0.15, 0.2) is 18.2 Å². The summed E-state index contributed by atoms with van der Waals surface area (Å²) >= 11 is 6.22. The van der Waals surface area contributed by atoms with Crippen molar-refractivity contribution in [2.24, 2.45) is 5.73 Å². The van der Waals surface area contributed by atoms with Crippen LogP contribution in [0.4, 0.5) is 0 Å². The number of benzene rings is 1. The third-order valence-corrected chi connectivity index (χ3v) is 4.34. The van der Waals surface area contributed by atoms with Gasteiger partial charge in [-0.3, -0.25) is 4.90 Å². The SMILES string of the molecule is COc1ccc(C(CN)N(C)C2CCOCC2)cc1Cl. The minimum atomic E-state index is 0.168. The van der Waals surface area contributed by atoms with E-state index in [-0.39, 0.29) is 6.04 Å². The van der Waals surface area contributed by atoms with E-state index in [2.05, 4.69) is 11.9 Å². The summed E-state index contributed by atoms with van der Waals surface area (Å²) in [6.45, 7) is 2.22. The lowest BCUT2D eigenvalue weighted by Gasteiger charge is -2.37. The first-order valence-electron chi connectivity index (χ1n) is 7.00. The fourth-order valence-electron chi connectivity index (χ4n) is 2.77. The molecule has 1 aromatic carbocycles. The minimum Gasteiger partial charge on any atom is -0.495 e. The van der Waals surface area contributed by atoms with Crippen LogP contribution in [0, 0.1) is 0 Å². The molecule has 4 nitrogen and oxygen atoms in total. The quantitative estimate of drug-likeness (QED) is 0.907. The summed E-state index contributed by atoms with van der Waals surface area (Å²) in [5, 5.41) is 0.629. The third kappa shape index (κ3) is 3.44. The normalized spacial score (nSPS) is 18.2. The Morgan fingerprint density at radius 2 is 2.15 bits per heavy atom. The molecule has 1 heterocycles. The maximum Gasteiger partial charge on any atom is 0.137 e. The highest BCUT2D eigenvalue weighted by Gasteiger charge is 2.25. The Labute approximate surface area is 125 Å². The van der Waals surface area contributed by atoms with Crippen LogP contribution in [0.1, 0.15) is 24.4 Å². The number of nitrogens with two attached hydrogens (primary N) is 1. The van der Waals surface area contributed by atoms with Gasteiger partial charge >= 0.3 is 0 Å². The molecule has 0 bridgehead atoms. The zero-order valence-corrected chi connectivity index (χ0v) is 12.9. The van der Waals surface area contributed by atoms with Gasteiger partial charge in [-0.15, -0.1) is 0 Å². The number of hydrogen-bond acceptors (Lipinski definition) is 4. The van der Waals surface area contributed by atoms with Crippen molar-refractivity contribution in [3.8, 4) is 5.75 Å². The van der Waals surface area contributed by atoms with E-state index in [1.54, 1.807) is 7.11 Å². The molecule has 2 N–H and O–H groups in total. The zero-order valence-electron chi connectivity index (χ0n) is 12.1. The molecule has 5 heteroatoms. The largest absolute Gasteiger partial charge is 0.495 e. The van der Waals surface area contributed by atoms with Gasteiger partial charge in [-0.1, -0.05) is 17.7 Å². The fourth-order valence-corrected chi connectivity index (χ4v) is 3.04. The highest BCUT2D eigenvalue weighted by atomic mass is 35.5. The van der Waals surface area contributed by atoms with Crippen LogP contribution in [0.3, 0.4) is 0 Å². The first-order chi connectivity index (χ1) is 9.67. The predicted molar refractivity (Wildman–Crippen MR) is 81.4 cm³/mol. The van der Waals surface area contributed by atoms with E-state index in [0.29, 0.717) is 23.4 Å². The summed E-state index contributed by atoms with van der Waals surface area (Å²) in [6.07, 6.45) is 2.10. The zero-order chi connectivity index (χ0) is 14.5. The highest BCUT2D eigenvalue weighted by molar-refractivity contribution is 6.32. The van der Waals surface area contributed by atoms with Crippen LogP contribution in [0.2, 0.25) is 5.02 Å². The van der Waals surface area contributed by atoms with Crippen LogP contribution < -0.4 is 10.5 Å². The summed E-state index contributed by atoms with van der Waals surface area (Å²) in [5.41, 5.74) is 7.12. The van der Waals surface area contributed by atoms with Crippen molar-refractivity contribution in [2.45, 2.75) is 24.9 Å². The summed E-state index contributed by atoms with van der Waals surface area (Å²) in [4.78, 5) is 2.35. The van der Waals surface area contributed by atoms with Crippen molar-refractivity contribution < 1.29 is 9.47 Å². The van der Waals surface area contributed by atoms with Gasteiger partial charge in [0.05, 0.1) is 12.1 Å². The Morgan fingerprint density at radius 3 is 2.70 bits per heavy atom. The minimum absolute atomic E-state index is 0.168. The van der Waals surface area contributed by atoms with Crippen LogP contribution >= 0.6 is 11.6 Å². The van der Waals surface area contributed by atoms with Gasteiger partial charge in [0, 0.05) is 31.8 Å². The van der Waals surface area contributed by atoms with Crippen LogP contribution in [-0.4, -0.2) is 44.9 Å². The van der Waals surface area contributed by atoms with Crippen LogP contribution in [-0.2, 0) is 4.74 Å². The van der Waals surface area contributed by atoms with Gasteiger partial charge in [-0.25, -0.2) is 0 Å². The smallest absolute Gasteiger partial charge is 0.137 e. The Bertz CT molecular complexity index is 436. The van der Waals surface area contributed by atoms with E-state index in [1.165, 1.54) is 0 Å². The number of hydrogen-bond donors (Lipinski definition) is 1. The second-order valence-corrected chi connectivity index (χ2v) is 5.56. The molecule has 0 spiro atoms. The van der Waals surface area contributed by atoms with E-state index in [9.17, 15) is 0 Å². The average Bonchev–Trinajstić information content (AvgIpc) is 2.49. The van der Waals surface area contributed by atoms with E-state index >= 15 is 0 Å². The lowest BCUT2D eigenvalue weighted by molar-refractivity contribution is 0.0294. The second kappa shape index (κ2) is 7.27. The van der Waals surface area contributed by atoms with E-state index in [4.69, 9.17) is 26.8 Å². The van der Waals surface area contributed by atoms with Gasteiger partial charge < -0.3 is 15.2 Å². The average molecular weight is 299 g/mol. The summed E-state index contributed by atoms with van der Waals surface area (Å²) < 4.78 is 10.6. The molecule has 1 aliphatic rings. The number of rotatable bonds is 5. The molecule has 112 valence electrons. The number of likely N-dealkylation sites (N-methyl/N-ethyl adjacent to an activating group) is 1. The maximum atomic E-state index is 6.22. The molecule has 1 aliphatic heterocycles. The molecule has 1 fully saturated rings. The molecule has 0 aromatic heterocycles. The lowest BCUT2D eigenvalue weighted by Crippen LogP contribution is -2.41. The maximum absolute atomic E-state index is 6.22. The molecule has 0 amide bonds. The second-order valence-electron chi connectivity index (χ2n) is 5.15. The standard InChI is InChI=1S/C15H23ClN2O2/c1-18(12-5-7-20-8-6-12)14(10-17)11-3-4-15(19-2)13(16)9-11/h3-4,9,12,14H,5-8,10,17H2,1-2H3. The number of halogens is 1. The highest BCUT2D eigenvalue weighted by Crippen LogP contribution is 2.31. The first kappa shape index (κ1) is 15.6. The number of ether oxygens (including phenoxy) is 2. The number of methoxy groups -OCH3 is 1. The molecule has 0 aliphatic carbocycles. The monoisotopic (exact) mass is 298 g/mol. The molecule has 0 radical (unpaired) electrons. The van der Waals surface area contributed by atoms with Crippen molar-refractivity contribution in [2.75, 3.05) is 33.9 Å². The van der Waals surface area contributed by atoms with Gasteiger partial charge in [-0.2, -0.15) is 0 Å². The van der Waals surface area contributed by atoms with Crippen molar-refractivity contribution in [3.63, 3.8) is 0 Å². The van der Waals surface area contributed by atoms with Gasteiger partial charge in [0.2, 0.25) is 0 Å². The molecule has 1 saturated heterocycles. The number of nitrogens with zero attached hydrogens (tertiary/aromatic N) is 1. The molecular weight excluding hydrogens is 276 g/mol. The van der Waals surface area contributed by atoms with Crippen molar-refractivity contribution >= 4 is 11.6 Å². The van der Waals surface area contributed by atoms with E-state index < -0.39 is 0 Å². The molecule has 20 heavy (non-hydrogen) atoms. The van der Waals surface area contributed by atoms with E-state index in [1.807, 2.05) is 18.2 Å². The molecular formula is C15H23ClN2O2. The van der Waals surface area contributed by atoms with Crippen LogP contribution in [0.5, 0.6) is 5.75 Å². The molecule has 1 atom stereocenters. The predicted octanol–water partition coefficient (Wildman–Crippen LogP) is 2.46. The lowest BCUT2D eigenvalue weighted by atomic mass is 10.0. The van der Waals surface area contributed by atoms with Crippen LogP contribution in [0.25, 0.3) is 0 Å². The third-order valence-electron chi connectivity index (χ3n) is 4.04. The van der Waals surface area contributed by atoms with Gasteiger partial charge in [0.25, 0.3) is 0 Å². The van der Waals surface area contributed by atoms with Gasteiger partial charge in [-0.05, 0) is 37.6 Å². The summed E-state index contributed by atoms with van der Waals surface area (Å²) in [7, 11) is 3.75.